The summed E-state index contributed by atoms with van der Waals surface area (Å²) in [5, 5.41) is 20.7. The van der Waals surface area contributed by atoms with Crippen molar-refractivity contribution in [3.63, 3.8) is 0 Å². The van der Waals surface area contributed by atoms with Crippen LogP contribution in [-0.4, -0.2) is 42.6 Å². The lowest BCUT2D eigenvalue weighted by Crippen LogP contribution is -2.39. The maximum absolute atomic E-state index is 14.4. The number of nitrogens with zero attached hydrogens (tertiary/aromatic N) is 4. The lowest BCUT2D eigenvalue weighted by molar-refractivity contribution is -0.123. The molecule has 2 amide bonds. The average molecular weight is 663 g/mol. The standard InChI is InChI=1S/C41H34N4O5/c1-22-20-35(47)33-21-32-30(36(38(33)39(22)48)29-18-19-34(46)28-7-5-4-6-27(28)29)16-17-31-37(32)41(50)45(40(31)49)26-14-10-24(11-15-26)43-42-23-8-12-25(13-9-23)44(2)3/h4-16,18-20,31-32,36-37,46H,17,21H2,1-3H3. The van der Waals surface area contributed by atoms with Crippen LogP contribution in [-0.2, 0) is 19.2 Å². The molecule has 0 saturated carbocycles. The van der Waals surface area contributed by atoms with Crippen molar-refractivity contribution < 1.29 is 24.3 Å². The summed E-state index contributed by atoms with van der Waals surface area (Å²) >= 11 is 0. The van der Waals surface area contributed by atoms with Gasteiger partial charge in [0.1, 0.15) is 5.75 Å². The van der Waals surface area contributed by atoms with Crippen molar-refractivity contribution in [3.8, 4) is 5.75 Å². The van der Waals surface area contributed by atoms with E-state index in [0.717, 1.165) is 22.2 Å². The smallest absolute Gasteiger partial charge is 0.238 e. The molecular weight excluding hydrogens is 628 g/mol. The molecule has 1 aliphatic heterocycles. The topological polar surface area (TPSA) is 120 Å². The predicted octanol–water partition coefficient (Wildman–Crippen LogP) is 7.66. The number of hydrogen-bond donors (Lipinski definition) is 1. The van der Waals surface area contributed by atoms with Crippen LogP contribution in [0.4, 0.5) is 22.7 Å². The van der Waals surface area contributed by atoms with Crippen LogP contribution in [0.25, 0.3) is 10.8 Å². The summed E-state index contributed by atoms with van der Waals surface area (Å²) in [6.45, 7) is 1.65. The van der Waals surface area contributed by atoms with Gasteiger partial charge in [-0.3, -0.25) is 24.1 Å². The van der Waals surface area contributed by atoms with Crippen LogP contribution in [0.1, 0.15) is 31.2 Å². The highest BCUT2D eigenvalue weighted by Crippen LogP contribution is 2.56. The molecule has 4 unspecified atom stereocenters. The molecule has 248 valence electrons. The normalized spacial score (nSPS) is 23.2. The highest BCUT2D eigenvalue weighted by atomic mass is 16.3. The molecule has 3 aliphatic carbocycles. The third-order valence-electron chi connectivity index (χ3n) is 10.6. The number of phenols is 1. The summed E-state index contributed by atoms with van der Waals surface area (Å²) < 4.78 is 0. The third-order valence-corrected chi connectivity index (χ3v) is 10.6. The van der Waals surface area contributed by atoms with Gasteiger partial charge in [-0.15, -0.1) is 0 Å². The summed E-state index contributed by atoms with van der Waals surface area (Å²) in [6.07, 6.45) is 3.93. The number of Topliss-reactive ketones (excluding diaryl/α,β-unsaturated/α-hetero) is 1. The third kappa shape index (κ3) is 4.91. The molecule has 4 aliphatic rings. The second kappa shape index (κ2) is 11.9. The second-order valence-electron chi connectivity index (χ2n) is 13.6. The summed E-state index contributed by atoms with van der Waals surface area (Å²) in [5.41, 5.74) is 5.63. The van der Waals surface area contributed by atoms with Gasteiger partial charge in [0.2, 0.25) is 11.8 Å². The Morgan fingerprint density at radius 2 is 1.44 bits per heavy atom. The van der Waals surface area contributed by atoms with E-state index in [1.807, 2.05) is 73.6 Å². The van der Waals surface area contributed by atoms with Crippen molar-refractivity contribution >= 4 is 56.9 Å². The SMILES string of the molecule is CC1=CC(=O)C2=C(C1=O)C(c1ccc(O)c3ccccc13)C1=CCC3C(=O)N(c4ccc(N=Nc5ccc(N(C)C)cc5)cc4)C(=O)C3C1C2. The summed E-state index contributed by atoms with van der Waals surface area (Å²) in [6, 6.07) is 25.4. The first-order valence-corrected chi connectivity index (χ1v) is 16.7. The van der Waals surface area contributed by atoms with Crippen LogP contribution in [0.3, 0.4) is 0 Å². The average Bonchev–Trinajstić information content (AvgIpc) is 3.38. The Bertz CT molecular complexity index is 2260. The van der Waals surface area contributed by atoms with Gasteiger partial charge >= 0.3 is 0 Å². The van der Waals surface area contributed by atoms with Crippen LogP contribution in [0, 0.1) is 17.8 Å². The lowest BCUT2D eigenvalue weighted by Gasteiger charge is -2.42. The Kier molecular flexibility index (Phi) is 7.44. The quantitative estimate of drug-likeness (QED) is 0.101. The van der Waals surface area contributed by atoms with Crippen molar-refractivity contribution in [2.45, 2.75) is 25.7 Å². The van der Waals surface area contributed by atoms with Gasteiger partial charge in [-0.2, -0.15) is 10.2 Å². The molecule has 0 aromatic heterocycles. The zero-order valence-corrected chi connectivity index (χ0v) is 27.8. The van der Waals surface area contributed by atoms with E-state index in [9.17, 15) is 24.3 Å². The number of rotatable bonds is 5. The number of phenolic OH excluding ortho intramolecular Hbond substituents is 1. The number of benzene rings is 4. The van der Waals surface area contributed by atoms with Gasteiger partial charge in [-0.25, -0.2) is 0 Å². The van der Waals surface area contributed by atoms with Gasteiger partial charge in [0.05, 0.1) is 28.9 Å². The molecular formula is C41H34N4O5. The minimum Gasteiger partial charge on any atom is -0.507 e. The van der Waals surface area contributed by atoms with Crippen LogP contribution < -0.4 is 9.80 Å². The number of imide groups is 1. The molecule has 4 aromatic rings. The number of azo groups is 1. The maximum atomic E-state index is 14.4. The van der Waals surface area contributed by atoms with Crippen molar-refractivity contribution in [2.75, 3.05) is 23.9 Å². The number of allylic oxidation sites excluding steroid dienone is 6. The molecule has 9 nitrogen and oxygen atoms in total. The van der Waals surface area contributed by atoms with E-state index in [-0.39, 0.29) is 35.6 Å². The van der Waals surface area contributed by atoms with Crippen molar-refractivity contribution in [3.05, 3.63) is 125 Å². The van der Waals surface area contributed by atoms with Gasteiger partial charge in [-0.05, 0) is 97.3 Å². The predicted molar refractivity (Wildman–Crippen MR) is 191 cm³/mol. The Labute approximate surface area is 288 Å². The second-order valence-corrected chi connectivity index (χ2v) is 13.6. The fourth-order valence-electron chi connectivity index (χ4n) is 8.13. The summed E-state index contributed by atoms with van der Waals surface area (Å²) in [4.78, 5) is 59.0. The van der Waals surface area contributed by atoms with E-state index >= 15 is 0 Å². The summed E-state index contributed by atoms with van der Waals surface area (Å²) in [5.74, 6) is -3.25. The minimum atomic E-state index is -0.693. The zero-order chi connectivity index (χ0) is 34.8. The zero-order valence-electron chi connectivity index (χ0n) is 27.8. The number of ketones is 2. The van der Waals surface area contributed by atoms with Gasteiger partial charge in [0, 0.05) is 47.8 Å². The van der Waals surface area contributed by atoms with Gasteiger partial charge in [0.25, 0.3) is 0 Å². The number of amides is 2. The number of anilines is 2. The van der Waals surface area contributed by atoms with Gasteiger partial charge in [-0.1, -0.05) is 42.0 Å². The number of fused-ring (bicyclic) bond motifs is 4. The molecule has 4 aromatic carbocycles. The van der Waals surface area contributed by atoms with E-state index in [1.165, 1.54) is 11.0 Å². The number of carbonyl (C=O) groups is 4. The molecule has 1 N–H and O–H groups in total. The first kappa shape index (κ1) is 31.3. The Balaban J connectivity index is 1.13. The van der Waals surface area contributed by atoms with Crippen LogP contribution in [0.15, 0.2) is 130 Å². The molecule has 8 rings (SSSR count). The van der Waals surface area contributed by atoms with E-state index in [1.54, 1.807) is 43.3 Å². The largest absolute Gasteiger partial charge is 0.507 e. The molecule has 50 heavy (non-hydrogen) atoms. The number of aromatic hydroxyl groups is 1. The molecule has 4 atom stereocenters. The minimum absolute atomic E-state index is 0.115. The Morgan fingerprint density at radius 1 is 0.780 bits per heavy atom. The molecule has 0 spiro atoms. The van der Waals surface area contributed by atoms with Crippen molar-refractivity contribution in [1.29, 1.82) is 0 Å². The van der Waals surface area contributed by atoms with E-state index < -0.39 is 23.7 Å². The Hall–Kier alpha value is -5.96. The van der Waals surface area contributed by atoms with Gasteiger partial charge in [0.15, 0.2) is 11.6 Å². The highest BCUT2D eigenvalue weighted by molar-refractivity contribution is 6.25. The van der Waals surface area contributed by atoms with Gasteiger partial charge < -0.3 is 10.0 Å². The fourth-order valence-corrected chi connectivity index (χ4v) is 8.13. The Morgan fingerprint density at radius 3 is 2.12 bits per heavy atom. The van der Waals surface area contributed by atoms with Crippen molar-refractivity contribution in [1.82, 2.24) is 0 Å². The van der Waals surface area contributed by atoms with Crippen molar-refractivity contribution in [2.24, 2.45) is 28.0 Å². The van der Waals surface area contributed by atoms with Crippen LogP contribution in [0.5, 0.6) is 5.75 Å². The first-order chi connectivity index (χ1) is 24.1. The molecule has 0 radical (unpaired) electrons. The maximum Gasteiger partial charge on any atom is 0.238 e. The number of carbonyl (C=O) groups excluding carboxylic acids is 4. The monoisotopic (exact) mass is 662 g/mol. The van der Waals surface area contributed by atoms with Crippen LogP contribution >= 0.6 is 0 Å². The van der Waals surface area contributed by atoms with Crippen LogP contribution in [0.2, 0.25) is 0 Å². The molecule has 1 fully saturated rings. The fraction of sp³-hybridized carbons (Fsp3) is 0.220. The highest BCUT2D eigenvalue weighted by Gasteiger charge is 2.56. The first-order valence-electron chi connectivity index (χ1n) is 16.7. The summed E-state index contributed by atoms with van der Waals surface area (Å²) in [7, 11) is 3.93. The molecule has 1 heterocycles. The molecule has 0 bridgehead atoms. The number of hydrogen-bond acceptors (Lipinski definition) is 8. The molecule has 9 heteroatoms. The van der Waals surface area contributed by atoms with E-state index in [4.69, 9.17) is 0 Å². The van der Waals surface area contributed by atoms with E-state index in [0.29, 0.717) is 45.6 Å². The van der Waals surface area contributed by atoms with E-state index in [2.05, 4.69) is 10.2 Å². The lowest BCUT2D eigenvalue weighted by atomic mass is 9.59. The molecule has 1 saturated heterocycles.